The maximum Gasteiger partial charge on any atom is 0.236 e. The van der Waals surface area contributed by atoms with Gasteiger partial charge in [-0.1, -0.05) is 19.8 Å². The summed E-state index contributed by atoms with van der Waals surface area (Å²) in [7, 11) is 0. The van der Waals surface area contributed by atoms with Crippen LogP contribution in [0.4, 0.5) is 0 Å². The number of amides is 1. The van der Waals surface area contributed by atoms with Gasteiger partial charge in [-0.15, -0.1) is 0 Å². The molecule has 16 heavy (non-hydrogen) atoms. The van der Waals surface area contributed by atoms with Crippen molar-refractivity contribution in [2.45, 2.75) is 51.7 Å². The van der Waals surface area contributed by atoms with Crippen LogP contribution in [-0.2, 0) is 9.53 Å². The molecule has 0 spiro atoms. The van der Waals surface area contributed by atoms with Crippen molar-refractivity contribution in [3.63, 3.8) is 0 Å². The molecule has 3 N–H and O–H groups in total. The second-order valence-electron chi connectivity index (χ2n) is 4.75. The van der Waals surface area contributed by atoms with E-state index in [1.807, 2.05) is 0 Å². The summed E-state index contributed by atoms with van der Waals surface area (Å²) in [5.74, 6) is 0.540. The van der Waals surface area contributed by atoms with E-state index < -0.39 is 6.04 Å². The highest BCUT2D eigenvalue weighted by atomic mass is 16.5. The molecule has 0 aromatic rings. The maximum atomic E-state index is 11.2. The molecule has 4 nitrogen and oxygen atoms in total. The van der Waals surface area contributed by atoms with Gasteiger partial charge in [-0.3, -0.25) is 4.79 Å². The lowest BCUT2D eigenvalue weighted by Crippen LogP contribution is -2.40. The molecule has 0 bridgehead atoms. The van der Waals surface area contributed by atoms with Gasteiger partial charge in [-0.05, 0) is 25.7 Å². The number of rotatable bonds is 5. The molecule has 0 radical (unpaired) electrons. The number of hydrogen-bond donors (Lipinski definition) is 2. The molecule has 3 atom stereocenters. The van der Waals surface area contributed by atoms with Crippen LogP contribution < -0.4 is 11.1 Å². The average Bonchev–Trinajstić information content (AvgIpc) is 2.26. The van der Waals surface area contributed by atoms with Crippen molar-refractivity contribution >= 4 is 5.91 Å². The van der Waals surface area contributed by atoms with Crippen molar-refractivity contribution in [1.29, 1.82) is 0 Å². The molecule has 0 aromatic heterocycles. The van der Waals surface area contributed by atoms with Gasteiger partial charge in [-0.2, -0.15) is 0 Å². The highest BCUT2D eigenvalue weighted by molar-refractivity contribution is 5.80. The molecule has 0 saturated heterocycles. The molecule has 0 aromatic carbocycles. The van der Waals surface area contributed by atoms with Gasteiger partial charge in [0.1, 0.15) is 0 Å². The van der Waals surface area contributed by atoms with E-state index in [2.05, 4.69) is 12.2 Å². The third-order valence-corrected chi connectivity index (χ3v) is 3.18. The number of nitrogens with two attached hydrogens (primary N) is 1. The monoisotopic (exact) mass is 228 g/mol. The number of carbonyl (C=O) groups is 1. The fraction of sp³-hybridized carbons (Fsp3) is 0.917. The van der Waals surface area contributed by atoms with E-state index in [-0.39, 0.29) is 5.91 Å². The molecule has 1 aliphatic rings. The lowest BCUT2D eigenvalue weighted by Gasteiger charge is -2.28. The molecular weight excluding hydrogens is 204 g/mol. The largest absolute Gasteiger partial charge is 0.376 e. The van der Waals surface area contributed by atoms with Crippen LogP contribution in [-0.4, -0.2) is 31.2 Å². The molecular formula is C12H24N2O2. The van der Waals surface area contributed by atoms with Crippen molar-refractivity contribution in [2.75, 3.05) is 13.2 Å². The fourth-order valence-corrected chi connectivity index (χ4v) is 2.08. The van der Waals surface area contributed by atoms with Crippen molar-refractivity contribution in [1.82, 2.24) is 5.32 Å². The first kappa shape index (κ1) is 13.5. The predicted molar refractivity (Wildman–Crippen MR) is 64.0 cm³/mol. The molecule has 1 rings (SSSR count). The van der Waals surface area contributed by atoms with Crippen molar-refractivity contribution < 1.29 is 9.53 Å². The van der Waals surface area contributed by atoms with E-state index in [0.717, 1.165) is 6.42 Å². The Morgan fingerprint density at radius 1 is 1.50 bits per heavy atom. The van der Waals surface area contributed by atoms with Crippen LogP contribution in [0.2, 0.25) is 0 Å². The summed E-state index contributed by atoms with van der Waals surface area (Å²) < 4.78 is 5.77. The highest BCUT2D eigenvalue weighted by Crippen LogP contribution is 2.25. The van der Waals surface area contributed by atoms with E-state index in [0.29, 0.717) is 25.2 Å². The Morgan fingerprint density at radius 3 is 2.81 bits per heavy atom. The van der Waals surface area contributed by atoms with Crippen LogP contribution in [0.5, 0.6) is 0 Å². The number of nitrogens with one attached hydrogen (secondary N) is 1. The fourth-order valence-electron chi connectivity index (χ4n) is 2.08. The first-order chi connectivity index (χ1) is 7.61. The molecule has 0 aliphatic heterocycles. The smallest absolute Gasteiger partial charge is 0.236 e. The van der Waals surface area contributed by atoms with Gasteiger partial charge in [-0.25, -0.2) is 0 Å². The Balaban J connectivity index is 2.08. The summed E-state index contributed by atoms with van der Waals surface area (Å²) >= 11 is 0. The van der Waals surface area contributed by atoms with Crippen LogP contribution >= 0.6 is 0 Å². The number of carbonyl (C=O) groups excluding carboxylic acids is 1. The zero-order chi connectivity index (χ0) is 12.0. The summed E-state index contributed by atoms with van der Waals surface area (Å²) in [5, 5.41) is 2.75. The Hall–Kier alpha value is -0.610. The SMILES string of the molecule is CC(N)C(=O)NCCOC1CCCCC1C. The van der Waals surface area contributed by atoms with Gasteiger partial charge in [0.15, 0.2) is 0 Å². The second kappa shape index (κ2) is 6.86. The Morgan fingerprint density at radius 2 is 2.19 bits per heavy atom. The minimum absolute atomic E-state index is 0.111. The van der Waals surface area contributed by atoms with E-state index >= 15 is 0 Å². The normalized spacial score (nSPS) is 27.4. The predicted octanol–water partition coefficient (Wildman–Crippen LogP) is 1.05. The number of ether oxygens (including phenoxy) is 1. The first-order valence-electron chi connectivity index (χ1n) is 6.26. The molecule has 1 saturated carbocycles. The van der Waals surface area contributed by atoms with E-state index in [1.54, 1.807) is 6.92 Å². The summed E-state index contributed by atoms with van der Waals surface area (Å²) in [5.41, 5.74) is 5.43. The van der Waals surface area contributed by atoms with Gasteiger partial charge in [0.25, 0.3) is 0 Å². The van der Waals surface area contributed by atoms with Gasteiger partial charge < -0.3 is 15.8 Å². The maximum absolute atomic E-state index is 11.2. The zero-order valence-corrected chi connectivity index (χ0v) is 10.4. The topological polar surface area (TPSA) is 64.4 Å². The summed E-state index contributed by atoms with van der Waals surface area (Å²) in [6.45, 7) is 5.07. The van der Waals surface area contributed by atoms with Crippen LogP contribution in [0.15, 0.2) is 0 Å². The van der Waals surface area contributed by atoms with E-state index in [9.17, 15) is 4.79 Å². The third-order valence-electron chi connectivity index (χ3n) is 3.18. The first-order valence-corrected chi connectivity index (χ1v) is 6.26. The van der Waals surface area contributed by atoms with E-state index in [1.165, 1.54) is 19.3 Å². The van der Waals surface area contributed by atoms with Crippen molar-refractivity contribution in [2.24, 2.45) is 11.7 Å². The van der Waals surface area contributed by atoms with Crippen LogP contribution in [0.1, 0.15) is 39.5 Å². The molecule has 3 unspecified atom stereocenters. The third kappa shape index (κ3) is 4.49. The van der Waals surface area contributed by atoms with Gasteiger partial charge in [0.2, 0.25) is 5.91 Å². The Kier molecular flexibility index (Phi) is 5.77. The minimum Gasteiger partial charge on any atom is -0.376 e. The summed E-state index contributed by atoms with van der Waals surface area (Å²) in [6.07, 6.45) is 5.38. The summed E-state index contributed by atoms with van der Waals surface area (Å²) in [6, 6.07) is -0.436. The summed E-state index contributed by atoms with van der Waals surface area (Å²) in [4.78, 5) is 11.2. The molecule has 1 amide bonds. The molecule has 0 heterocycles. The lowest BCUT2D eigenvalue weighted by molar-refractivity contribution is -0.122. The minimum atomic E-state index is -0.436. The Bertz CT molecular complexity index is 219. The Labute approximate surface area is 97.9 Å². The molecule has 94 valence electrons. The standard InChI is InChI=1S/C12H24N2O2/c1-9-5-3-4-6-11(9)16-8-7-14-12(15)10(2)13/h9-11H,3-8,13H2,1-2H3,(H,14,15). The van der Waals surface area contributed by atoms with E-state index in [4.69, 9.17) is 10.5 Å². The highest BCUT2D eigenvalue weighted by Gasteiger charge is 2.21. The van der Waals surface area contributed by atoms with Crippen LogP contribution in [0.3, 0.4) is 0 Å². The van der Waals surface area contributed by atoms with Crippen molar-refractivity contribution in [3.8, 4) is 0 Å². The number of hydrogen-bond acceptors (Lipinski definition) is 3. The van der Waals surface area contributed by atoms with Crippen molar-refractivity contribution in [3.05, 3.63) is 0 Å². The van der Waals surface area contributed by atoms with Gasteiger partial charge >= 0.3 is 0 Å². The van der Waals surface area contributed by atoms with Crippen LogP contribution in [0, 0.1) is 5.92 Å². The van der Waals surface area contributed by atoms with Gasteiger partial charge in [0.05, 0.1) is 18.8 Å². The lowest BCUT2D eigenvalue weighted by atomic mass is 9.88. The molecule has 4 heteroatoms. The molecule has 1 aliphatic carbocycles. The van der Waals surface area contributed by atoms with Crippen LogP contribution in [0.25, 0.3) is 0 Å². The molecule has 1 fully saturated rings. The zero-order valence-electron chi connectivity index (χ0n) is 10.4. The average molecular weight is 228 g/mol. The van der Waals surface area contributed by atoms with Gasteiger partial charge in [0, 0.05) is 6.54 Å². The second-order valence-corrected chi connectivity index (χ2v) is 4.75. The quantitative estimate of drug-likeness (QED) is 0.691.